The maximum atomic E-state index is 13.4. The normalized spacial score (nSPS) is 13.1. The van der Waals surface area contributed by atoms with E-state index >= 15 is 0 Å². The van der Waals surface area contributed by atoms with E-state index in [0.717, 1.165) is 25.3 Å². The van der Waals surface area contributed by atoms with E-state index in [0.29, 0.717) is 17.9 Å². The summed E-state index contributed by atoms with van der Waals surface area (Å²) in [4.78, 5) is 0. The summed E-state index contributed by atoms with van der Waals surface area (Å²) < 4.78 is 26.1. The van der Waals surface area contributed by atoms with Crippen LogP contribution >= 0.6 is 0 Å². The first kappa shape index (κ1) is 14.1. The van der Waals surface area contributed by atoms with Crippen molar-refractivity contribution in [2.24, 2.45) is 11.7 Å². The Morgan fingerprint density at radius 1 is 1.18 bits per heavy atom. The Balaban J connectivity index is 2.58. The molecule has 0 heterocycles. The van der Waals surface area contributed by atoms with E-state index in [9.17, 15) is 8.78 Å². The van der Waals surface area contributed by atoms with Crippen molar-refractivity contribution in [1.29, 1.82) is 0 Å². The Kier molecular flexibility index (Phi) is 5.56. The molecule has 0 radical (unpaired) electrons. The first-order valence-corrected chi connectivity index (χ1v) is 6.26. The van der Waals surface area contributed by atoms with Crippen LogP contribution < -0.4 is 5.73 Å². The predicted molar refractivity (Wildman–Crippen MR) is 66.7 cm³/mol. The quantitative estimate of drug-likeness (QED) is 0.808. The molecule has 1 aromatic carbocycles. The van der Waals surface area contributed by atoms with Gasteiger partial charge in [-0.25, -0.2) is 8.78 Å². The van der Waals surface area contributed by atoms with Gasteiger partial charge in [-0.15, -0.1) is 0 Å². The molecule has 1 aromatic rings. The average Bonchev–Trinajstić information content (AvgIpc) is 2.29. The molecule has 2 N–H and O–H groups in total. The average molecular weight is 241 g/mol. The van der Waals surface area contributed by atoms with Crippen LogP contribution in [-0.2, 0) is 6.42 Å². The topological polar surface area (TPSA) is 26.0 Å². The second-order valence-corrected chi connectivity index (χ2v) is 4.62. The van der Waals surface area contributed by atoms with Gasteiger partial charge >= 0.3 is 0 Å². The second-order valence-electron chi connectivity index (χ2n) is 4.62. The van der Waals surface area contributed by atoms with Crippen LogP contribution in [0.5, 0.6) is 0 Å². The van der Waals surface area contributed by atoms with Crippen molar-refractivity contribution < 1.29 is 8.78 Å². The van der Waals surface area contributed by atoms with Crippen LogP contribution in [0, 0.1) is 17.6 Å². The minimum absolute atomic E-state index is 0.0557. The largest absolute Gasteiger partial charge is 0.327 e. The first-order chi connectivity index (χ1) is 8.06. The summed E-state index contributed by atoms with van der Waals surface area (Å²) in [6.45, 7) is 4.28. The van der Waals surface area contributed by atoms with Crippen molar-refractivity contribution in [3.63, 3.8) is 0 Å². The summed E-state index contributed by atoms with van der Waals surface area (Å²) in [6, 6.07) is 3.62. The van der Waals surface area contributed by atoms with Crippen molar-refractivity contribution in [3.05, 3.63) is 35.4 Å². The van der Waals surface area contributed by atoms with Crippen LogP contribution in [0.2, 0.25) is 0 Å². The molecule has 0 aliphatic rings. The fraction of sp³-hybridized carbons (Fsp3) is 0.571. The number of rotatable bonds is 6. The lowest BCUT2D eigenvalue weighted by atomic mass is 9.92. The fourth-order valence-corrected chi connectivity index (χ4v) is 2.10. The van der Waals surface area contributed by atoms with Crippen molar-refractivity contribution >= 4 is 0 Å². The molecule has 0 saturated heterocycles. The van der Waals surface area contributed by atoms with E-state index in [2.05, 4.69) is 13.8 Å². The molecular formula is C14H21F2N. The molecule has 3 heteroatoms. The third kappa shape index (κ3) is 4.43. The van der Waals surface area contributed by atoms with Crippen LogP contribution in [0.25, 0.3) is 0 Å². The lowest BCUT2D eigenvalue weighted by Gasteiger charge is -2.18. The first-order valence-electron chi connectivity index (χ1n) is 6.26. The maximum Gasteiger partial charge on any atom is 0.129 e. The molecule has 0 aliphatic heterocycles. The SMILES string of the molecule is CCC(CC)CC(N)Cc1ccc(F)cc1F. The summed E-state index contributed by atoms with van der Waals surface area (Å²) in [7, 11) is 0. The third-order valence-corrected chi connectivity index (χ3v) is 3.29. The van der Waals surface area contributed by atoms with Gasteiger partial charge in [0.05, 0.1) is 0 Å². The summed E-state index contributed by atoms with van der Waals surface area (Å²) in [5.41, 5.74) is 6.51. The fourth-order valence-electron chi connectivity index (χ4n) is 2.10. The summed E-state index contributed by atoms with van der Waals surface area (Å²) in [6.07, 6.45) is 3.55. The van der Waals surface area contributed by atoms with Crippen molar-refractivity contribution in [1.82, 2.24) is 0 Å². The summed E-state index contributed by atoms with van der Waals surface area (Å²) in [5.74, 6) is -0.446. The van der Waals surface area contributed by atoms with Gasteiger partial charge in [-0.1, -0.05) is 32.8 Å². The molecule has 0 bridgehead atoms. The second kappa shape index (κ2) is 6.70. The smallest absolute Gasteiger partial charge is 0.129 e. The summed E-state index contributed by atoms with van der Waals surface area (Å²) in [5, 5.41) is 0. The Morgan fingerprint density at radius 2 is 1.82 bits per heavy atom. The number of hydrogen-bond acceptors (Lipinski definition) is 1. The van der Waals surface area contributed by atoms with Gasteiger partial charge in [0, 0.05) is 12.1 Å². The van der Waals surface area contributed by atoms with Crippen LogP contribution in [0.3, 0.4) is 0 Å². The molecule has 17 heavy (non-hydrogen) atoms. The predicted octanol–water partition coefficient (Wildman–Crippen LogP) is 3.66. The molecule has 96 valence electrons. The van der Waals surface area contributed by atoms with Crippen molar-refractivity contribution in [2.75, 3.05) is 0 Å². The van der Waals surface area contributed by atoms with E-state index < -0.39 is 11.6 Å². The van der Waals surface area contributed by atoms with E-state index in [1.54, 1.807) is 0 Å². The van der Waals surface area contributed by atoms with Gasteiger partial charge in [-0.2, -0.15) is 0 Å². The van der Waals surface area contributed by atoms with Crippen molar-refractivity contribution in [2.45, 2.75) is 45.6 Å². The zero-order chi connectivity index (χ0) is 12.8. The lowest BCUT2D eigenvalue weighted by Crippen LogP contribution is -2.26. The zero-order valence-electron chi connectivity index (χ0n) is 10.5. The number of benzene rings is 1. The van der Waals surface area contributed by atoms with Crippen LogP contribution in [0.1, 0.15) is 38.7 Å². The van der Waals surface area contributed by atoms with Crippen LogP contribution in [-0.4, -0.2) is 6.04 Å². The highest BCUT2D eigenvalue weighted by molar-refractivity contribution is 5.19. The summed E-state index contributed by atoms with van der Waals surface area (Å²) >= 11 is 0. The molecule has 1 nitrogen and oxygen atoms in total. The van der Waals surface area contributed by atoms with Crippen LogP contribution in [0.15, 0.2) is 18.2 Å². The van der Waals surface area contributed by atoms with E-state index in [-0.39, 0.29) is 6.04 Å². The van der Waals surface area contributed by atoms with Gasteiger partial charge in [0.1, 0.15) is 11.6 Å². The monoisotopic (exact) mass is 241 g/mol. The standard InChI is InChI=1S/C14H21F2N/c1-3-10(4-2)7-13(17)8-11-5-6-12(15)9-14(11)16/h5-6,9-10,13H,3-4,7-8,17H2,1-2H3. The highest BCUT2D eigenvalue weighted by Crippen LogP contribution is 2.18. The number of halogens is 2. The van der Waals surface area contributed by atoms with Gasteiger partial charge in [0.15, 0.2) is 0 Å². The number of nitrogens with two attached hydrogens (primary N) is 1. The molecule has 1 rings (SSSR count). The Bertz CT molecular complexity index is 348. The zero-order valence-corrected chi connectivity index (χ0v) is 10.5. The Hall–Kier alpha value is -0.960. The number of hydrogen-bond donors (Lipinski definition) is 1. The molecule has 0 fully saturated rings. The van der Waals surface area contributed by atoms with Gasteiger partial charge in [-0.05, 0) is 30.4 Å². The maximum absolute atomic E-state index is 13.4. The molecular weight excluding hydrogens is 220 g/mol. The molecule has 1 unspecified atom stereocenters. The van der Waals surface area contributed by atoms with Gasteiger partial charge in [0.2, 0.25) is 0 Å². The van der Waals surface area contributed by atoms with E-state index in [1.165, 1.54) is 12.1 Å². The molecule has 0 saturated carbocycles. The van der Waals surface area contributed by atoms with Crippen LogP contribution in [0.4, 0.5) is 8.78 Å². The minimum Gasteiger partial charge on any atom is -0.327 e. The highest BCUT2D eigenvalue weighted by atomic mass is 19.1. The lowest BCUT2D eigenvalue weighted by molar-refractivity contribution is 0.404. The molecule has 0 aromatic heterocycles. The molecule has 0 aliphatic carbocycles. The Morgan fingerprint density at radius 3 is 2.35 bits per heavy atom. The van der Waals surface area contributed by atoms with Gasteiger partial charge < -0.3 is 5.73 Å². The van der Waals surface area contributed by atoms with E-state index in [4.69, 9.17) is 5.73 Å². The molecule has 1 atom stereocenters. The van der Waals surface area contributed by atoms with Gasteiger partial charge in [0.25, 0.3) is 0 Å². The third-order valence-electron chi connectivity index (χ3n) is 3.29. The van der Waals surface area contributed by atoms with Crippen molar-refractivity contribution in [3.8, 4) is 0 Å². The molecule has 0 spiro atoms. The highest BCUT2D eigenvalue weighted by Gasteiger charge is 2.13. The Labute approximate surface area is 102 Å². The van der Waals surface area contributed by atoms with E-state index in [1.807, 2.05) is 0 Å². The minimum atomic E-state index is -0.542. The van der Waals surface area contributed by atoms with Gasteiger partial charge in [-0.3, -0.25) is 0 Å². The molecule has 0 amide bonds.